The number of aromatic nitrogens is 2. The van der Waals surface area contributed by atoms with E-state index in [-0.39, 0.29) is 28.7 Å². The van der Waals surface area contributed by atoms with Gasteiger partial charge in [-0.2, -0.15) is 4.98 Å². The number of hydrogen-bond donors (Lipinski definition) is 4. The van der Waals surface area contributed by atoms with Crippen molar-refractivity contribution in [1.29, 1.82) is 5.41 Å². The summed E-state index contributed by atoms with van der Waals surface area (Å²) in [4.78, 5) is 20.9. The molecule has 2 aromatic rings. The van der Waals surface area contributed by atoms with Crippen LogP contribution in [-0.2, 0) is 0 Å². The van der Waals surface area contributed by atoms with Crippen LogP contribution in [0.3, 0.4) is 0 Å². The van der Waals surface area contributed by atoms with Crippen LogP contribution in [-0.4, -0.2) is 41.5 Å². The molecule has 0 saturated heterocycles. The Bertz CT molecular complexity index is 850. The van der Waals surface area contributed by atoms with E-state index in [1.165, 1.54) is 12.1 Å². The third-order valence-corrected chi connectivity index (χ3v) is 4.10. The molecule has 9 heteroatoms. The quantitative estimate of drug-likeness (QED) is 0.528. The van der Waals surface area contributed by atoms with Crippen molar-refractivity contribution in [3.8, 4) is 0 Å². The lowest BCUT2D eigenvalue weighted by Crippen LogP contribution is -2.28. The molecule has 1 heterocycles. The maximum atomic E-state index is 12.8. The summed E-state index contributed by atoms with van der Waals surface area (Å²) in [5.41, 5.74) is -0.180. The first-order valence-electron chi connectivity index (χ1n) is 8.43. The summed E-state index contributed by atoms with van der Waals surface area (Å²) in [6.45, 7) is 1.29. The Morgan fingerprint density at radius 2 is 1.89 bits per heavy atom. The van der Waals surface area contributed by atoms with Crippen molar-refractivity contribution in [3.63, 3.8) is 0 Å². The Kier molecular flexibility index (Phi) is 6.62. The molecule has 0 amide bonds. The molecule has 0 fully saturated rings. The second-order valence-corrected chi connectivity index (χ2v) is 6.22. The van der Waals surface area contributed by atoms with Gasteiger partial charge in [0, 0.05) is 19.7 Å². The van der Waals surface area contributed by atoms with Crippen LogP contribution >= 0.6 is 0 Å². The van der Waals surface area contributed by atoms with E-state index in [0.29, 0.717) is 12.4 Å². The SMILES string of the molecule is CCC(Nc1nc(N(C)C)[nH]c(=O)c1C(=N)CO)c1ccc(C(F)F)cc1. The van der Waals surface area contributed by atoms with Crippen molar-refractivity contribution in [1.82, 2.24) is 9.97 Å². The highest BCUT2D eigenvalue weighted by Gasteiger charge is 2.20. The molecule has 2 rings (SSSR count). The molecular formula is C18H23F2N5O2. The zero-order chi connectivity index (χ0) is 20.1. The van der Waals surface area contributed by atoms with Crippen molar-refractivity contribution in [2.75, 3.05) is 30.9 Å². The maximum absolute atomic E-state index is 12.8. The van der Waals surface area contributed by atoms with Gasteiger partial charge in [0.1, 0.15) is 11.4 Å². The molecule has 0 aliphatic rings. The second-order valence-electron chi connectivity index (χ2n) is 6.22. The Balaban J connectivity index is 2.45. The van der Waals surface area contributed by atoms with E-state index in [9.17, 15) is 18.7 Å². The minimum absolute atomic E-state index is 0.0502. The first kappa shape index (κ1) is 20.5. The number of halogens is 2. The molecule has 1 unspecified atom stereocenters. The normalized spacial score (nSPS) is 12.1. The molecule has 0 bridgehead atoms. The van der Waals surface area contributed by atoms with E-state index in [4.69, 9.17) is 5.41 Å². The number of nitrogens with one attached hydrogen (secondary N) is 3. The Morgan fingerprint density at radius 3 is 2.37 bits per heavy atom. The Labute approximate surface area is 155 Å². The van der Waals surface area contributed by atoms with E-state index in [1.807, 2.05) is 6.92 Å². The van der Waals surface area contributed by atoms with Gasteiger partial charge < -0.3 is 20.7 Å². The van der Waals surface area contributed by atoms with E-state index in [0.717, 1.165) is 5.56 Å². The average Bonchev–Trinajstić information content (AvgIpc) is 2.65. The average molecular weight is 379 g/mol. The molecular weight excluding hydrogens is 356 g/mol. The van der Waals surface area contributed by atoms with Gasteiger partial charge in [0.05, 0.1) is 18.4 Å². The summed E-state index contributed by atoms with van der Waals surface area (Å²) in [5.74, 6) is 0.450. The van der Waals surface area contributed by atoms with Crippen LogP contribution in [0.1, 0.15) is 42.5 Å². The number of anilines is 2. The minimum Gasteiger partial charge on any atom is -0.390 e. The van der Waals surface area contributed by atoms with Gasteiger partial charge in [0.2, 0.25) is 5.95 Å². The predicted octanol–water partition coefficient (Wildman–Crippen LogP) is 2.70. The van der Waals surface area contributed by atoms with Crippen LogP contribution < -0.4 is 15.8 Å². The summed E-state index contributed by atoms with van der Waals surface area (Å²) in [6, 6.07) is 5.60. The number of nitrogens with zero attached hydrogens (tertiary/aromatic N) is 2. The molecule has 1 aromatic carbocycles. The molecule has 0 saturated carbocycles. The second kappa shape index (κ2) is 8.72. The smallest absolute Gasteiger partial charge is 0.263 e. The van der Waals surface area contributed by atoms with E-state index < -0.39 is 18.6 Å². The predicted molar refractivity (Wildman–Crippen MR) is 101 cm³/mol. The zero-order valence-electron chi connectivity index (χ0n) is 15.4. The third kappa shape index (κ3) is 4.68. The number of alkyl halides is 2. The van der Waals surface area contributed by atoms with Gasteiger partial charge in [-0.3, -0.25) is 9.78 Å². The van der Waals surface area contributed by atoms with Crippen molar-refractivity contribution in [3.05, 3.63) is 51.3 Å². The number of aliphatic hydroxyl groups excluding tert-OH is 1. The fraction of sp³-hybridized carbons (Fsp3) is 0.389. The van der Waals surface area contributed by atoms with Crippen LogP contribution in [0.15, 0.2) is 29.1 Å². The number of rotatable bonds is 8. The lowest BCUT2D eigenvalue weighted by Gasteiger charge is -2.22. The van der Waals surface area contributed by atoms with Gasteiger partial charge in [0.25, 0.3) is 12.0 Å². The highest BCUT2D eigenvalue weighted by Crippen LogP contribution is 2.26. The van der Waals surface area contributed by atoms with Gasteiger partial charge in [-0.15, -0.1) is 0 Å². The van der Waals surface area contributed by atoms with Crippen molar-refractivity contribution < 1.29 is 13.9 Å². The lowest BCUT2D eigenvalue weighted by molar-refractivity contribution is 0.151. The summed E-state index contributed by atoms with van der Waals surface area (Å²) in [5, 5.41) is 20.3. The highest BCUT2D eigenvalue weighted by molar-refractivity contribution is 6.02. The van der Waals surface area contributed by atoms with Crippen LogP contribution in [0.25, 0.3) is 0 Å². The van der Waals surface area contributed by atoms with Gasteiger partial charge in [-0.05, 0) is 12.0 Å². The molecule has 0 radical (unpaired) electrons. The molecule has 0 aliphatic carbocycles. The van der Waals surface area contributed by atoms with Gasteiger partial charge in [-0.1, -0.05) is 31.2 Å². The number of H-pyrrole nitrogens is 1. The molecule has 0 aliphatic heterocycles. The third-order valence-electron chi connectivity index (χ3n) is 4.10. The van der Waals surface area contributed by atoms with Crippen molar-refractivity contribution in [2.24, 2.45) is 0 Å². The van der Waals surface area contributed by atoms with Crippen molar-refractivity contribution in [2.45, 2.75) is 25.8 Å². The molecule has 146 valence electrons. The summed E-state index contributed by atoms with van der Waals surface area (Å²) in [6.07, 6.45) is -1.95. The monoisotopic (exact) mass is 379 g/mol. The van der Waals surface area contributed by atoms with E-state index in [1.54, 1.807) is 31.1 Å². The summed E-state index contributed by atoms with van der Waals surface area (Å²) < 4.78 is 25.5. The van der Waals surface area contributed by atoms with Crippen LogP contribution in [0, 0.1) is 5.41 Å². The molecule has 27 heavy (non-hydrogen) atoms. The molecule has 1 aromatic heterocycles. The summed E-state index contributed by atoms with van der Waals surface area (Å²) in [7, 11) is 3.42. The molecule has 4 N–H and O–H groups in total. The summed E-state index contributed by atoms with van der Waals surface area (Å²) >= 11 is 0. The largest absolute Gasteiger partial charge is 0.390 e. The molecule has 7 nitrogen and oxygen atoms in total. The number of hydrogen-bond acceptors (Lipinski definition) is 6. The minimum atomic E-state index is -2.54. The topological polar surface area (TPSA) is 105 Å². The molecule has 0 spiro atoms. The fourth-order valence-electron chi connectivity index (χ4n) is 2.60. The van der Waals surface area contributed by atoms with Gasteiger partial charge >= 0.3 is 0 Å². The first-order chi connectivity index (χ1) is 12.8. The maximum Gasteiger partial charge on any atom is 0.263 e. The van der Waals surface area contributed by atoms with E-state index >= 15 is 0 Å². The van der Waals surface area contributed by atoms with Crippen LogP contribution in [0.2, 0.25) is 0 Å². The van der Waals surface area contributed by atoms with E-state index in [2.05, 4.69) is 15.3 Å². The lowest BCUT2D eigenvalue weighted by atomic mass is 10.0. The number of aliphatic hydroxyl groups is 1. The number of aromatic amines is 1. The van der Waals surface area contributed by atoms with Crippen LogP contribution in [0.5, 0.6) is 0 Å². The highest BCUT2D eigenvalue weighted by atomic mass is 19.3. The van der Waals surface area contributed by atoms with Crippen LogP contribution in [0.4, 0.5) is 20.5 Å². The molecule has 1 atom stereocenters. The standard InChI is InChI=1S/C18H23F2N5O2/c1-4-13(10-5-7-11(8-6-10)15(19)20)22-16-14(12(21)9-26)17(27)24-18(23-16)25(2)3/h5-8,13,15,21,26H,4,9H2,1-3H3,(H2,22,23,24,27). The Hall–Kier alpha value is -2.81. The first-order valence-corrected chi connectivity index (χ1v) is 8.43. The fourth-order valence-corrected chi connectivity index (χ4v) is 2.60. The zero-order valence-corrected chi connectivity index (χ0v) is 15.4. The van der Waals surface area contributed by atoms with Crippen molar-refractivity contribution >= 4 is 17.5 Å². The Morgan fingerprint density at radius 1 is 1.30 bits per heavy atom. The van der Waals surface area contributed by atoms with Gasteiger partial charge in [-0.25, -0.2) is 8.78 Å². The van der Waals surface area contributed by atoms with Gasteiger partial charge in [0.15, 0.2) is 0 Å². The number of benzene rings is 1.